The maximum atomic E-state index is 5.02. The molecular weight excluding hydrogens is 224 g/mol. The molecule has 102 valence electrons. The summed E-state index contributed by atoms with van der Waals surface area (Å²) in [5.74, 6) is 0.663. The third kappa shape index (κ3) is 6.48. The van der Waals surface area contributed by atoms with Gasteiger partial charge in [0.25, 0.3) is 0 Å². The molecule has 1 N–H and O–H groups in total. The van der Waals surface area contributed by atoms with Gasteiger partial charge in [0.2, 0.25) is 5.88 Å². The second-order valence-electron chi connectivity index (χ2n) is 4.64. The molecule has 18 heavy (non-hydrogen) atoms. The number of rotatable bonds is 10. The summed E-state index contributed by atoms with van der Waals surface area (Å²) in [6, 6.07) is 3.89. The van der Waals surface area contributed by atoms with Gasteiger partial charge in [-0.1, -0.05) is 45.4 Å². The average molecular weight is 250 g/mol. The number of pyridine rings is 1. The molecule has 1 aromatic rings. The van der Waals surface area contributed by atoms with Gasteiger partial charge >= 0.3 is 0 Å². The van der Waals surface area contributed by atoms with E-state index in [-0.39, 0.29) is 0 Å². The summed E-state index contributed by atoms with van der Waals surface area (Å²) < 4.78 is 5.02. The molecule has 1 aromatic heterocycles. The largest absolute Gasteiger partial charge is 0.481 e. The Morgan fingerprint density at radius 1 is 1.06 bits per heavy atom. The van der Waals surface area contributed by atoms with E-state index < -0.39 is 0 Å². The van der Waals surface area contributed by atoms with Crippen LogP contribution in [-0.2, 0) is 0 Å². The summed E-state index contributed by atoms with van der Waals surface area (Å²) in [4.78, 5) is 4.16. The minimum atomic E-state index is 0.663. The zero-order valence-electron chi connectivity index (χ0n) is 11.7. The van der Waals surface area contributed by atoms with Gasteiger partial charge in [-0.15, -0.1) is 0 Å². The Morgan fingerprint density at radius 2 is 1.78 bits per heavy atom. The molecule has 3 heteroatoms. The van der Waals surface area contributed by atoms with Gasteiger partial charge in [0.15, 0.2) is 0 Å². The highest BCUT2D eigenvalue weighted by atomic mass is 16.5. The van der Waals surface area contributed by atoms with Gasteiger partial charge in [-0.2, -0.15) is 0 Å². The Bertz CT molecular complexity index is 298. The molecule has 0 saturated heterocycles. The van der Waals surface area contributed by atoms with Crippen molar-refractivity contribution in [1.82, 2.24) is 4.98 Å². The van der Waals surface area contributed by atoms with Gasteiger partial charge in [0.05, 0.1) is 19.0 Å². The molecule has 0 bridgehead atoms. The Kier molecular flexibility index (Phi) is 8.02. The van der Waals surface area contributed by atoms with E-state index in [9.17, 15) is 0 Å². The van der Waals surface area contributed by atoms with Crippen LogP contribution in [0.4, 0.5) is 5.69 Å². The number of nitrogens with one attached hydrogen (secondary N) is 1. The maximum absolute atomic E-state index is 5.02. The normalized spacial score (nSPS) is 10.3. The van der Waals surface area contributed by atoms with Crippen LogP contribution >= 0.6 is 0 Å². The van der Waals surface area contributed by atoms with Crippen molar-refractivity contribution < 1.29 is 4.74 Å². The van der Waals surface area contributed by atoms with Crippen LogP contribution in [0, 0.1) is 0 Å². The molecule has 0 aliphatic carbocycles. The Morgan fingerprint density at radius 3 is 2.39 bits per heavy atom. The molecule has 0 unspecified atom stereocenters. The average Bonchev–Trinajstić information content (AvgIpc) is 2.42. The minimum Gasteiger partial charge on any atom is -0.481 e. The van der Waals surface area contributed by atoms with E-state index in [1.807, 2.05) is 18.3 Å². The highest BCUT2D eigenvalue weighted by molar-refractivity contribution is 5.41. The zero-order valence-corrected chi connectivity index (χ0v) is 11.7. The Hall–Kier alpha value is -1.25. The molecule has 0 aromatic carbocycles. The highest BCUT2D eigenvalue weighted by Gasteiger charge is 1.95. The van der Waals surface area contributed by atoms with E-state index in [1.54, 1.807) is 7.11 Å². The second-order valence-corrected chi connectivity index (χ2v) is 4.64. The van der Waals surface area contributed by atoms with Crippen LogP contribution in [0.5, 0.6) is 5.88 Å². The first-order valence-electron chi connectivity index (χ1n) is 7.10. The quantitative estimate of drug-likeness (QED) is 0.630. The molecule has 0 radical (unpaired) electrons. The molecule has 3 nitrogen and oxygen atoms in total. The molecule has 0 atom stereocenters. The first-order chi connectivity index (χ1) is 8.86. The number of ether oxygens (including phenoxy) is 1. The topological polar surface area (TPSA) is 34.1 Å². The van der Waals surface area contributed by atoms with E-state index in [0.717, 1.165) is 12.2 Å². The maximum Gasteiger partial charge on any atom is 0.213 e. The van der Waals surface area contributed by atoms with Crippen LogP contribution < -0.4 is 10.1 Å². The van der Waals surface area contributed by atoms with Crippen molar-refractivity contribution in [1.29, 1.82) is 0 Å². The molecular formula is C15H26N2O. The lowest BCUT2D eigenvalue weighted by molar-refractivity contribution is 0.398. The predicted octanol–water partition coefficient (Wildman–Crippen LogP) is 4.25. The summed E-state index contributed by atoms with van der Waals surface area (Å²) in [6.45, 7) is 3.29. The first kappa shape index (κ1) is 14.8. The van der Waals surface area contributed by atoms with Gasteiger partial charge in [-0.3, -0.25) is 0 Å². The fraction of sp³-hybridized carbons (Fsp3) is 0.667. The van der Waals surface area contributed by atoms with E-state index in [0.29, 0.717) is 5.88 Å². The zero-order chi connectivity index (χ0) is 13.1. The number of nitrogens with zero attached hydrogens (tertiary/aromatic N) is 1. The summed E-state index contributed by atoms with van der Waals surface area (Å²) in [7, 11) is 1.63. The summed E-state index contributed by atoms with van der Waals surface area (Å²) in [6.07, 6.45) is 11.2. The van der Waals surface area contributed by atoms with Crippen LogP contribution in [0.25, 0.3) is 0 Å². The SMILES string of the molecule is CCCCCCCCCNc1ccc(OC)nc1. The molecule has 1 rings (SSSR count). The summed E-state index contributed by atoms with van der Waals surface area (Å²) >= 11 is 0. The predicted molar refractivity (Wildman–Crippen MR) is 77.3 cm³/mol. The number of anilines is 1. The van der Waals surface area contributed by atoms with Gasteiger partial charge in [-0.25, -0.2) is 4.98 Å². The van der Waals surface area contributed by atoms with Crippen LogP contribution in [0.3, 0.4) is 0 Å². The third-order valence-corrected chi connectivity index (χ3v) is 3.05. The Labute approximate surface area is 111 Å². The molecule has 0 saturated carbocycles. The first-order valence-corrected chi connectivity index (χ1v) is 7.10. The van der Waals surface area contributed by atoms with Crippen molar-refractivity contribution in [3.8, 4) is 5.88 Å². The number of hydrogen-bond donors (Lipinski definition) is 1. The van der Waals surface area contributed by atoms with E-state index in [1.165, 1.54) is 44.9 Å². The van der Waals surface area contributed by atoms with Crippen molar-refractivity contribution >= 4 is 5.69 Å². The van der Waals surface area contributed by atoms with Crippen LogP contribution in [-0.4, -0.2) is 18.6 Å². The molecule has 0 aliphatic rings. The molecule has 0 amide bonds. The Balaban J connectivity index is 2.00. The lowest BCUT2D eigenvalue weighted by Gasteiger charge is -2.06. The van der Waals surface area contributed by atoms with Crippen molar-refractivity contribution in [2.45, 2.75) is 51.9 Å². The molecule has 0 fully saturated rings. The van der Waals surface area contributed by atoms with E-state index in [2.05, 4.69) is 17.2 Å². The second kappa shape index (κ2) is 9.75. The standard InChI is InChI=1S/C15H26N2O/c1-3-4-5-6-7-8-9-12-16-14-10-11-15(18-2)17-13-14/h10-11,13,16H,3-9,12H2,1-2H3. The number of hydrogen-bond acceptors (Lipinski definition) is 3. The number of unbranched alkanes of at least 4 members (excludes halogenated alkanes) is 6. The van der Waals surface area contributed by atoms with Gasteiger partial charge in [0.1, 0.15) is 0 Å². The van der Waals surface area contributed by atoms with Gasteiger partial charge in [0, 0.05) is 12.6 Å². The van der Waals surface area contributed by atoms with E-state index in [4.69, 9.17) is 4.74 Å². The fourth-order valence-corrected chi connectivity index (χ4v) is 1.92. The van der Waals surface area contributed by atoms with Gasteiger partial charge < -0.3 is 10.1 Å². The molecule has 0 spiro atoms. The number of methoxy groups -OCH3 is 1. The molecule has 0 aliphatic heterocycles. The summed E-state index contributed by atoms with van der Waals surface area (Å²) in [5.41, 5.74) is 1.07. The van der Waals surface area contributed by atoms with Gasteiger partial charge in [-0.05, 0) is 12.5 Å². The van der Waals surface area contributed by atoms with Crippen molar-refractivity contribution in [2.24, 2.45) is 0 Å². The third-order valence-electron chi connectivity index (χ3n) is 3.05. The van der Waals surface area contributed by atoms with Crippen LogP contribution in [0.1, 0.15) is 51.9 Å². The monoisotopic (exact) mass is 250 g/mol. The van der Waals surface area contributed by atoms with Crippen molar-refractivity contribution in [2.75, 3.05) is 19.0 Å². The highest BCUT2D eigenvalue weighted by Crippen LogP contribution is 2.11. The molecule has 1 heterocycles. The lowest BCUT2D eigenvalue weighted by Crippen LogP contribution is -2.01. The van der Waals surface area contributed by atoms with Crippen molar-refractivity contribution in [3.63, 3.8) is 0 Å². The van der Waals surface area contributed by atoms with Crippen molar-refractivity contribution in [3.05, 3.63) is 18.3 Å². The number of aromatic nitrogens is 1. The lowest BCUT2D eigenvalue weighted by atomic mass is 10.1. The minimum absolute atomic E-state index is 0.663. The smallest absolute Gasteiger partial charge is 0.213 e. The summed E-state index contributed by atoms with van der Waals surface area (Å²) in [5, 5.41) is 3.38. The fourth-order valence-electron chi connectivity index (χ4n) is 1.92. The van der Waals surface area contributed by atoms with Crippen LogP contribution in [0.2, 0.25) is 0 Å². The van der Waals surface area contributed by atoms with E-state index >= 15 is 0 Å². The van der Waals surface area contributed by atoms with Crippen LogP contribution in [0.15, 0.2) is 18.3 Å².